The van der Waals surface area contributed by atoms with Crippen molar-refractivity contribution >= 4 is 23.4 Å². The summed E-state index contributed by atoms with van der Waals surface area (Å²) in [6.45, 7) is 2.07. The Kier molecular flexibility index (Phi) is 5.01. The average Bonchev–Trinajstić information content (AvgIpc) is 3.27. The lowest BCUT2D eigenvalue weighted by Crippen LogP contribution is -1.99. The Labute approximate surface area is 167 Å². The van der Waals surface area contributed by atoms with Crippen LogP contribution < -0.4 is 0 Å². The molecular weight excluding hydrogens is 378 g/mol. The number of nitrogens with zero attached hydrogens (tertiary/aromatic N) is 5. The van der Waals surface area contributed by atoms with Crippen LogP contribution in [0.3, 0.4) is 0 Å². The molecule has 4 aromatic rings. The Morgan fingerprint density at radius 3 is 2.59 bits per heavy atom. The van der Waals surface area contributed by atoms with Gasteiger partial charge >= 0.3 is 0 Å². The molecular formula is C20H18ClN5S. The molecule has 0 radical (unpaired) electrons. The zero-order valence-electron chi connectivity index (χ0n) is 15.0. The number of aromatic nitrogens is 5. The zero-order valence-corrected chi connectivity index (χ0v) is 16.6. The Hall–Kier alpha value is -2.57. The van der Waals surface area contributed by atoms with Crippen molar-refractivity contribution in [3.8, 4) is 17.1 Å². The molecule has 2 aromatic heterocycles. The van der Waals surface area contributed by atoms with Crippen LogP contribution >= 0.6 is 23.4 Å². The quantitative estimate of drug-likeness (QED) is 0.450. The smallest absolute Gasteiger partial charge is 0.196 e. The highest BCUT2D eigenvalue weighted by molar-refractivity contribution is 7.98. The summed E-state index contributed by atoms with van der Waals surface area (Å²) in [5, 5.41) is 14.7. The number of aryl methyl sites for hydroxylation is 2. The van der Waals surface area contributed by atoms with Crippen LogP contribution in [-0.4, -0.2) is 24.5 Å². The monoisotopic (exact) mass is 395 g/mol. The van der Waals surface area contributed by atoms with Crippen molar-refractivity contribution in [2.24, 2.45) is 7.05 Å². The third-order valence-corrected chi connectivity index (χ3v) is 5.37. The highest BCUT2D eigenvalue weighted by Gasteiger charge is 2.16. The van der Waals surface area contributed by atoms with Crippen molar-refractivity contribution in [1.29, 1.82) is 0 Å². The summed E-state index contributed by atoms with van der Waals surface area (Å²) in [4.78, 5) is 0. The molecule has 4 rings (SSSR count). The standard InChI is InChI=1S/C20H18ClN5S/c1-14-4-3-5-16(10-14)19-23-24-20(27-13-15-11-22-25(2)12-15)26(19)18-8-6-17(21)7-9-18/h3-12H,13H2,1-2H3. The zero-order chi connectivity index (χ0) is 18.8. The number of thioether (sulfide) groups is 1. The number of hydrogen-bond donors (Lipinski definition) is 0. The fourth-order valence-electron chi connectivity index (χ4n) is 2.85. The second kappa shape index (κ2) is 7.58. The van der Waals surface area contributed by atoms with Gasteiger partial charge in [-0.15, -0.1) is 10.2 Å². The fourth-order valence-corrected chi connectivity index (χ4v) is 3.84. The van der Waals surface area contributed by atoms with E-state index in [-0.39, 0.29) is 0 Å². The van der Waals surface area contributed by atoms with Crippen molar-refractivity contribution in [1.82, 2.24) is 24.5 Å². The largest absolute Gasteiger partial charge is 0.276 e. The molecule has 0 saturated carbocycles. The molecule has 0 atom stereocenters. The minimum Gasteiger partial charge on any atom is -0.276 e. The third kappa shape index (κ3) is 3.91. The molecule has 0 saturated heterocycles. The summed E-state index contributed by atoms with van der Waals surface area (Å²) in [6.07, 6.45) is 3.88. The number of halogens is 1. The van der Waals surface area contributed by atoms with Crippen molar-refractivity contribution in [2.45, 2.75) is 17.8 Å². The van der Waals surface area contributed by atoms with Gasteiger partial charge in [-0.25, -0.2) is 0 Å². The molecule has 0 unspecified atom stereocenters. The predicted octanol–water partition coefficient (Wildman–Crippen LogP) is 4.92. The van der Waals surface area contributed by atoms with E-state index in [1.165, 1.54) is 5.56 Å². The maximum absolute atomic E-state index is 6.08. The first-order valence-electron chi connectivity index (χ1n) is 8.49. The Balaban J connectivity index is 1.75. The van der Waals surface area contributed by atoms with Gasteiger partial charge in [-0.05, 0) is 37.3 Å². The van der Waals surface area contributed by atoms with Gasteiger partial charge in [-0.3, -0.25) is 9.25 Å². The van der Waals surface area contributed by atoms with Gasteiger partial charge in [0.15, 0.2) is 11.0 Å². The van der Waals surface area contributed by atoms with E-state index in [1.54, 1.807) is 16.4 Å². The van der Waals surface area contributed by atoms with E-state index < -0.39 is 0 Å². The summed E-state index contributed by atoms with van der Waals surface area (Å²) in [7, 11) is 1.92. The first-order valence-corrected chi connectivity index (χ1v) is 9.85. The van der Waals surface area contributed by atoms with Gasteiger partial charge in [0.25, 0.3) is 0 Å². The first kappa shape index (κ1) is 17.8. The van der Waals surface area contributed by atoms with Gasteiger partial charge in [-0.1, -0.05) is 47.1 Å². The van der Waals surface area contributed by atoms with Crippen LogP contribution in [0.1, 0.15) is 11.1 Å². The highest BCUT2D eigenvalue weighted by atomic mass is 35.5. The minimum atomic E-state index is 0.702. The summed E-state index contributed by atoms with van der Waals surface area (Å²) in [6, 6.07) is 16.0. The topological polar surface area (TPSA) is 48.5 Å². The van der Waals surface area contributed by atoms with Crippen LogP contribution in [0.25, 0.3) is 17.1 Å². The molecule has 0 aliphatic carbocycles. The van der Waals surface area contributed by atoms with E-state index in [2.05, 4.69) is 45.0 Å². The van der Waals surface area contributed by atoms with E-state index in [0.717, 1.165) is 33.5 Å². The minimum absolute atomic E-state index is 0.702. The highest BCUT2D eigenvalue weighted by Crippen LogP contribution is 2.30. The maximum Gasteiger partial charge on any atom is 0.196 e. The summed E-state index contributed by atoms with van der Waals surface area (Å²) < 4.78 is 3.88. The van der Waals surface area contributed by atoms with Crippen LogP contribution in [0.2, 0.25) is 5.02 Å². The molecule has 0 spiro atoms. The molecule has 136 valence electrons. The van der Waals surface area contributed by atoms with Gasteiger partial charge in [0.05, 0.1) is 6.20 Å². The normalized spacial score (nSPS) is 11.1. The predicted molar refractivity (Wildman–Crippen MR) is 109 cm³/mol. The second-order valence-corrected chi connectivity index (χ2v) is 7.68. The van der Waals surface area contributed by atoms with Gasteiger partial charge < -0.3 is 0 Å². The fraction of sp³-hybridized carbons (Fsp3) is 0.150. The van der Waals surface area contributed by atoms with Crippen LogP contribution in [0, 0.1) is 6.92 Å². The van der Waals surface area contributed by atoms with E-state index in [1.807, 2.05) is 49.8 Å². The molecule has 0 amide bonds. The van der Waals surface area contributed by atoms with Crippen molar-refractivity contribution in [2.75, 3.05) is 0 Å². The van der Waals surface area contributed by atoms with E-state index in [0.29, 0.717) is 5.02 Å². The van der Waals surface area contributed by atoms with Gasteiger partial charge in [0.2, 0.25) is 0 Å². The van der Waals surface area contributed by atoms with Crippen molar-refractivity contribution in [3.63, 3.8) is 0 Å². The summed E-state index contributed by atoms with van der Waals surface area (Å²) in [5.74, 6) is 1.59. The first-order chi connectivity index (χ1) is 13.1. The van der Waals surface area contributed by atoms with E-state index >= 15 is 0 Å². The molecule has 7 heteroatoms. The molecule has 0 bridgehead atoms. The van der Waals surface area contributed by atoms with Crippen molar-refractivity contribution in [3.05, 3.63) is 77.1 Å². The number of benzene rings is 2. The average molecular weight is 396 g/mol. The maximum atomic E-state index is 6.08. The van der Waals surface area contributed by atoms with Gasteiger partial charge in [0, 0.05) is 40.8 Å². The van der Waals surface area contributed by atoms with Crippen molar-refractivity contribution < 1.29 is 0 Å². The lowest BCUT2D eigenvalue weighted by atomic mass is 10.1. The van der Waals surface area contributed by atoms with Crippen LogP contribution in [0.5, 0.6) is 0 Å². The molecule has 2 heterocycles. The Morgan fingerprint density at radius 1 is 1.07 bits per heavy atom. The van der Waals surface area contributed by atoms with Gasteiger partial charge in [-0.2, -0.15) is 5.10 Å². The Bertz CT molecular complexity index is 1070. The summed E-state index contributed by atoms with van der Waals surface area (Å²) in [5.41, 5.74) is 4.34. The van der Waals surface area contributed by atoms with Crippen LogP contribution in [0.15, 0.2) is 66.1 Å². The lowest BCUT2D eigenvalue weighted by Gasteiger charge is -2.10. The third-order valence-electron chi connectivity index (χ3n) is 4.12. The molecule has 0 fully saturated rings. The molecule has 27 heavy (non-hydrogen) atoms. The van der Waals surface area contributed by atoms with Crippen LogP contribution in [0.4, 0.5) is 0 Å². The molecule has 2 aromatic carbocycles. The number of hydrogen-bond acceptors (Lipinski definition) is 4. The summed E-state index contributed by atoms with van der Waals surface area (Å²) >= 11 is 7.71. The Morgan fingerprint density at radius 2 is 1.89 bits per heavy atom. The SMILES string of the molecule is Cc1cccc(-c2nnc(SCc3cnn(C)c3)n2-c2ccc(Cl)cc2)c1. The lowest BCUT2D eigenvalue weighted by molar-refractivity contribution is 0.767. The van der Waals surface area contributed by atoms with E-state index in [4.69, 9.17) is 11.6 Å². The second-order valence-electron chi connectivity index (χ2n) is 6.30. The number of rotatable bonds is 5. The van der Waals surface area contributed by atoms with Crippen LogP contribution in [-0.2, 0) is 12.8 Å². The molecule has 0 N–H and O–H groups in total. The van der Waals surface area contributed by atoms with Gasteiger partial charge in [0.1, 0.15) is 0 Å². The molecule has 0 aliphatic rings. The molecule has 0 aliphatic heterocycles. The molecule has 5 nitrogen and oxygen atoms in total. The van der Waals surface area contributed by atoms with E-state index in [9.17, 15) is 0 Å².